The van der Waals surface area contributed by atoms with Crippen molar-refractivity contribution in [2.75, 3.05) is 11.1 Å². The summed E-state index contributed by atoms with van der Waals surface area (Å²) in [5.74, 6) is 0.182. The summed E-state index contributed by atoms with van der Waals surface area (Å²) in [7, 11) is 0. The van der Waals surface area contributed by atoms with Crippen LogP contribution in [0.4, 0.5) is 16.0 Å². The number of nitrogens with two attached hydrogens (primary N) is 1. The Labute approximate surface area is 179 Å². The van der Waals surface area contributed by atoms with Crippen LogP contribution in [0.3, 0.4) is 0 Å². The molecular weight excluding hydrogens is 393 g/mol. The molecule has 3 aromatic rings. The number of hydrogen-bond donors (Lipinski definition) is 3. The summed E-state index contributed by atoms with van der Waals surface area (Å²) in [6.45, 7) is 9.32. The molecule has 4 rings (SSSR count). The van der Waals surface area contributed by atoms with Crippen LogP contribution in [-0.2, 0) is 10.2 Å². The van der Waals surface area contributed by atoms with Crippen molar-refractivity contribution < 1.29 is 9.18 Å². The normalized spacial score (nSPS) is 17.2. The fraction of sp³-hybridized carbons (Fsp3) is 0.167. The van der Waals surface area contributed by atoms with Crippen molar-refractivity contribution >= 4 is 28.8 Å². The molecule has 31 heavy (non-hydrogen) atoms. The van der Waals surface area contributed by atoms with E-state index in [9.17, 15) is 9.18 Å². The zero-order chi connectivity index (χ0) is 22.5. The maximum absolute atomic E-state index is 13.5. The van der Waals surface area contributed by atoms with E-state index in [-0.39, 0.29) is 23.4 Å². The molecule has 0 saturated heterocycles. The molecule has 0 saturated carbocycles. The molecule has 1 atom stereocenters. The van der Waals surface area contributed by atoms with Crippen molar-refractivity contribution in [3.05, 3.63) is 88.5 Å². The Kier molecular flexibility index (Phi) is 4.69. The van der Waals surface area contributed by atoms with Crippen LogP contribution < -0.4 is 11.1 Å². The second-order valence-corrected chi connectivity index (χ2v) is 7.88. The van der Waals surface area contributed by atoms with Crippen molar-refractivity contribution in [3.8, 4) is 0 Å². The van der Waals surface area contributed by atoms with Gasteiger partial charge >= 0.3 is 0 Å². The average Bonchev–Trinajstić information content (AvgIpc) is 2.99. The van der Waals surface area contributed by atoms with Gasteiger partial charge in [-0.05, 0) is 55.2 Å². The second kappa shape index (κ2) is 7.12. The molecule has 0 radical (unpaired) electrons. The number of benzene rings is 2. The van der Waals surface area contributed by atoms with Crippen molar-refractivity contribution in [1.82, 2.24) is 9.97 Å². The van der Waals surface area contributed by atoms with Crippen molar-refractivity contribution in [2.24, 2.45) is 0 Å². The van der Waals surface area contributed by atoms with Gasteiger partial charge in [0, 0.05) is 11.3 Å². The Morgan fingerprint density at radius 3 is 2.48 bits per heavy atom. The number of halogens is 1. The maximum Gasteiger partial charge on any atom is 0.240 e. The molecule has 0 spiro atoms. The minimum atomic E-state index is -1.07. The monoisotopic (exact) mass is 415 g/mol. The molecular formula is C24H22FN5O. The third-order valence-electron chi connectivity index (χ3n) is 5.80. The minimum Gasteiger partial charge on any atom is -0.383 e. The highest BCUT2D eigenvalue weighted by Crippen LogP contribution is 2.44. The van der Waals surface area contributed by atoms with Crippen LogP contribution in [0.1, 0.15) is 47.5 Å². The number of nitrogens with one attached hydrogen (secondary N) is 2. The molecule has 1 amide bonds. The Hall–Kier alpha value is -3.87. The van der Waals surface area contributed by atoms with E-state index in [0.717, 1.165) is 11.1 Å². The molecule has 156 valence electrons. The summed E-state index contributed by atoms with van der Waals surface area (Å²) >= 11 is 0. The first-order valence-corrected chi connectivity index (χ1v) is 9.74. The largest absolute Gasteiger partial charge is 0.383 e. The first-order chi connectivity index (χ1) is 14.6. The summed E-state index contributed by atoms with van der Waals surface area (Å²) in [4.78, 5) is 22.0. The number of carbonyl (C=O) groups is 1. The third-order valence-corrected chi connectivity index (χ3v) is 5.80. The number of anilines is 2. The Morgan fingerprint density at radius 2 is 1.87 bits per heavy atom. The minimum absolute atomic E-state index is 0.175. The van der Waals surface area contributed by atoms with Crippen LogP contribution in [0, 0.1) is 18.2 Å². The van der Waals surface area contributed by atoms with E-state index in [1.165, 1.54) is 12.1 Å². The zero-order valence-corrected chi connectivity index (χ0v) is 17.5. The van der Waals surface area contributed by atoms with Crippen LogP contribution in [-0.4, -0.2) is 21.6 Å². The lowest BCUT2D eigenvalue weighted by Crippen LogP contribution is -2.33. The molecule has 1 aliphatic rings. The number of hydrogen-bond acceptors (Lipinski definition) is 5. The number of amides is 1. The maximum atomic E-state index is 13.5. The van der Waals surface area contributed by atoms with Crippen molar-refractivity contribution in [3.63, 3.8) is 0 Å². The number of aromatic nitrogens is 2. The summed E-state index contributed by atoms with van der Waals surface area (Å²) < 4.78 is 13.5. The van der Waals surface area contributed by atoms with Gasteiger partial charge in [0.05, 0.1) is 5.56 Å². The van der Waals surface area contributed by atoms with Crippen LogP contribution in [0.5, 0.6) is 0 Å². The molecule has 2 heterocycles. The predicted octanol–water partition coefficient (Wildman–Crippen LogP) is 4.21. The molecule has 1 unspecified atom stereocenters. The van der Waals surface area contributed by atoms with Gasteiger partial charge in [-0.1, -0.05) is 36.9 Å². The fourth-order valence-corrected chi connectivity index (χ4v) is 3.96. The number of nitrogens with zero attached hydrogens (tertiary/aromatic N) is 2. The molecule has 6 nitrogen and oxygen atoms in total. The number of aryl methyl sites for hydroxylation is 1. The number of fused-ring (bicyclic) bond motifs is 1. The van der Waals surface area contributed by atoms with E-state index in [0.29, 0.717) is 33.8 Å². The van der Waals surface area contributed by atoms with E-state index in [2.05, 4.69) is 21.9 Å². The standard InChI is InChI=1S/C24H22FN5O/c1-12-11-17(25)9-10-18(12)13(2)21-28-20(27)19-22(29-21)30-23(31)24(19,4)16-7-5-15(6-8-16)14(3)26/h5-11,26H,2H2,1,3-4H3,(H3,27,28,29,30,31). The lowest BCUT2D eigenvalue weighted by atomic mass is 9.77. The number of nitrogen functional groups attached to an aromatic ring is 1. The smallest absolute Gasteiger partial charge is 0.240 e. The van der Waals surface area contributed by atoms with Gasteiger partial charge in [-0.3, -0.25) is 4.79 Å². The topological polar surface area (TPSA) is 105 Å². The van der Waals surface area contributed by atoms with E-state index in [1.807, 2.05) is 12.1 Å². The van der Waals surface area contributed by atoms with Gasteiger partial charge in [-0.25, -0.2) is 14.4 Å². The molecule has 2 aromatic carbocycles. The van der Waals surface area contributed by atoms with Gasteiger partial charge in [0.2, 0.25) is 5.91 Å². The molecule has 1 aliphatic heterocycles. The van der Waals surface area contributed by atoms with Gasteiger partial charge in [0.1, 0.15) is 22.9 Å². The highest BCUT2D eigenvalue weighted by atomic mass is 19.1. The fourth-order valence-electron chi connectivity index (χ4n) is 3.96. The van der Waals surface area contributed by atoms with Gasteiger partial charge < -0.3 is 16.5 Å². The number of rotatable bonds is 4. The van der Waals surface area contributed by atoms with Crippen LogP contribution in [0.15, 0.2) is 49.0 Å². The van der Waals surface area contributed by atoms with Crippen LogP contribution in [0.25, 0.3) is 5.57 Å². The zero-order valence-electron chi connectivity index (χ0n) is 17.5. The van der Waals surface area contributed by atoms with E-state index >= 15 is 0 Å². The van der Waals surface area contributed by atoms with E-state index < -0.39 is 5.41 Å². The summed E-state index contributed by atoms with van der Waals surface area (Å²) in [5.41, 5.74) is 9.58. The Balaban J connectivity index is 1.80. The number of carbonyl (C=O) groups excluding carboxylic acids is 1. The summed E-state index contributed by atoms with van der Waals surface area (Å²) in [6.07, 6.45) is 0. The first-order valence-electron chi connectivity index (χ1n) is 9.74. The lowest BCUT2D eigenvalue weighted by Gasteiger charge is -2.24. The average molecular weight is 415 g/mol. The van der Waals surface area contributed by atoms with E-state index in [1.54, 1.807) is 39.0 Å². The van der Waals surface area contributed by atoms with Gasteiger partial charge in [0.25, 0.3) is 0 Å². The quantitative estimate of drug-likeness (QED) is 0.555. The Morgan fingerprint density at radius 1 is 1.19 bits per heavy atom. The third kappa shape index (κ3) is 3.18. The molecule has 7 heteroatoms. The van der Waals surface area contributed by atoms with Gasteiger partial charge in [-0.2, -0.15) is 0 Å². The predicted molar refractivity (Wildman–Crippen MR) is 120 cm³/mol. The highest BCUT2D eigenvalue weighted by molar-refractivity contribution is 6.09. The van der Waals surface area contributed by atoms with Crippen LogP contribution in [0.2, 0.25) is 0 Å². The first kappa shape index (κ1) is 20.4. The van der Waals surface area contributed by atoms with E-state index in [4.69, 9.17) is 11.1 Å². The van der Waals surface area contributed by atoms with Gasteiger partial charge in [-0.15, -0.1) is 0 Å². The molecule has 1 aromatic heterocycles. The van der Waals surface area contributed by atoms with Gasteiger partial charge in [0.15, 0.2) is 5.82 Å². The molecule has 4 N–H and O–H groups in total. The van der Waals surface area contributed by atoms with Crippen molar-refractivity contribution in [1.29, 1.82) is 5.41 Å². The molecule has 0 aliphatic carbocycles. The molecule has 0 bridgehead atoms. The highest BCUT2D eigenvalue weighted by Gasteiger charge is 2.47. The Bertz CT molecular complexity index is 1270. The summed E-state index contributed by atoms with van der Waals surface area (Å²) in [6, 6.07) is 11.6. The lowest BCUT2D eigenvalue weighted by molar-refractivity contribution is -0.119. The second-order valence-electron chi connectivity index (χ2n) is 7.88. The SMILES string of the molecule is C=C(c1nc(N)c2c(n1)NC(=O)C2(C)c1ccc(C(C)=N)cc1)c1ccc(F)cc1C. The van der Waals surface area contributed by atoms with Crippen molar-refractivity contribution in [2.45, 2.75) is 26.2 Å². The summed E-state index contributed by atoms with van der Waals surface area (Å²) in [5, 5.41) is 10.6. The van der Waals surface area contributed by atoms with Crippen LogP contribution >= 0.6 is 0 Å². The molecule has 0 fully saturated rings.